The number of ketones is 1. The number of Topliss-reactive ketones (excluding diaryl/α,β-unsaturated/α-hetero) is 1. The first-order valence-electron chi connectivity index (χ1n) is 26.5. The normalized spacial score (nSPS) is 11.4. The number of pyridine rings is 1. The molecule has 2 heterocycles. The number of aromatic nitrogens is 1. The van der Waals surface area contributed by atoms with E-state index in [0.717, 1.165) is 96.4 Å². The molecular weight excluding hydrogens is 1240 g/mol. The zero-order valence-corrected chi connectivity index (χ0v) is 51.9. The third kappa shape index (κ3) is 12.1. The standard InChI is InChI=1S/C29H16F3NO3S.C21H21OP.C20H23OP.Eu/c30-29(31,32)27(35)23-25(34)21-15-14-20-19-8-4-5-9-22(19)37-26(20)24(21)33(28(23)36)18-12-10-17(11-13-18)16-6-2-1-3-7-16;1-16-10-4-7-13-19(16)23(22,20-14-8-5-11-17(20)2)21-15-9-6-12-18(21)3;1-6-18(15(2)3)22(21,19-13-9-7-11-16(19)4)20-14-10-8-12-17(20)5;/h1-15,34H;4-15H,1-3H3;6-14H,1H2,2-5H3;. The van der Waals surface area contributed by atoms with Gasteiger partial charge in [0.15, 0.2) is 14.3 Å². The van der Waals surface area contributed by atoms with E-state index >= 15 is 0 Å². The van der Waals surface area contributed by atoms with Gasteiger partial charge in [-0.1, -0.05) is 206 Å². The third-order valence-electron chi connectivity index (χ3n) is 14.7. The molecule has 83 heavy (non-hydrogen) atoms. The van der Waals surface area contributed by atoms with Gasteiger partial charge < -0.3 is 14.2 Å². The van der Waals surface area contributed by atoms with Crippen LogP contribution < -0.4 is 32.1 Å². The molecule has 0 spiro atoms. The maximum atomic E-state index is 14.5. The van der Waals surface area contributed by atoms with Gasteiger partial charge in [-0.15, -0.1) is 11.3 Å². The van der Waals surface area contributed by atoms with Gasteiger partial charge >= 0.3 is 6.18 Å². The van der Waals surface area contributed by atoms with E-state index in [1.165, 1.54) is 17.4 Å². The molecule has 419 valence electrons. The number of carbonyl (C=O) groups is 1. The summed E-state index contributed by atoms with van der Waals surface area (Å²) in [7, 11) is -5.79. The van der Waals surface area contributed by atoms with Crippen LogP contribution in [0.25, 0.3) is 47.9 Å². The molecule has 1 radical (unpaired) electrons. The van der Waals surface area contributed by atoms with Crippen molar-refractivity contribution >= 4 is 89.0 Å². The van der Waals surface area contributed by atoms with Gasteiger partial charge in [0.05, 0.1) is 10.2 Å². The summed E-state index contributed by atoms with van der Waals surface area (Å²) in [5.41, 5.74) is 6.12. The minimum absolute atomic E-state index is 0. The molecule has 2 aromatic heterocycles. The van der Waals surface area contributed by atoms with Crippen molar-refractivity contribution in [3.63, 3.8) is 0 Å². The number of hydrogen-bond donors (Lipinski definition) is 1. The molecule has 11 rings (SSSR count). The summed E-state index contributed by atoms with van der Waals surface area (Å²) in [5, 5.41) is 18.0. The Morgan fingerprint density at radius 2 is 0.928 bits per heavy atom. The number of hydrogen-bond acceptors (Lipinski definition) is 6. The first kappa shape index (κ1) is 62.2. The van der Waals surface area contributed by atoms with E-state index in [1.807, 2.05) is 224 Å². The van der Waals surface area contributed by atoms with E-state index in [9.17, 15) is 37.0 Å². The maximum Gasteiger partial charge on any atom is 0.455 e. The smallest absolute Gasteiger partial charge is 0.455 e. The van der Waals surface area contributed by atoms with Crippen molar-refractivity contribution in [3.05, 3.63) is 280 Å². The molecule has 6 nitrogen and oxygen atoms in total. The van der Waals surface area contributed by atoms with Gasteiger partial charge in [0.1, 0.15) is 11.3 Å². The van der Waals surface area contributed by atoms with Crippen LogP contribution in [0.1, 0.15) is 52.0 Å². The number of nitrogens with zero attached hydrogens (tertiary/aromatic N) is 1. The van der Waals surface area contributed by atoms with Crippen LogP contribution in [0.4, 0.5) is 13.2 Å². The molecule has 0 fully saturated rings. The summed E-state index contributed by atoms with van der Waals surface area (Å²) in [6.45, 7) is 18.1. The first-order valence-corrected chi connectivity index (χ1v) is 30.8. The molecule has 11 aromatic rings. The fourth-order valence-corrected chi connectivity index (χ4v) is 18.7. The number of halogens is 3. The Morgan fingerprint density at radius 1 is 0.530 bits per heavy atom. The Balaban J connectivity index is 0.000000171. The summed E-state index contributed by atoms with van der Waals surface area (Å²) in [6.07, 6.45) is -3.57. The van der Waals surface area contributed by atoms with Crippen LogP contribution in [0, 0.1) is 84.0 Å². The largest absolute Gasteiger partial charge is 0.506 e. The fraction of sp³-hybridized carbons (Fsp3) is 0.114. The second-order valence-corrected chi connectivity index (χ2v) is 26.7. The summed E-state index contributed by atoms with van der Waals surface area (Å²) in [4.78, 5) is 25.9. The van der Waals surface area contributed by atoms with Gasteiger partial charge in [0.25, 0.3) is 11.3 Å². The second-order valence-electron chi connectivity index (χ2n) is 20.3. The number of fused-ring (bicyclic) bond motifs is 5. The molecule has 0 unspecified atom stereocenters. The topological polar surface area (TPSA) is 93.4 Å². The average Bonchev–Trinajstić information content (AvgIpc) is 4.14. The minimum atomic E-state index is -5.33. The van der Waals surface area contributed by atoms with E-state index in [1.54, 1.807) is 36.4 Å². The molecule has 0 saturated heterocycles. The second kappa shape index (κ2) is 26.0. The van der Waals surface area contributed by atoms with Crippen LogP contribution in [0.15, 0.2) is 241 Å². The van der Waals surface area contributed by atoms with Gasteiger partial charge in [0.2, 0.25) is 0 Å². The van der Waals surface area contributed by atoms with E-state index in [-0.39, 0.29) is 66.0 Å². The predicted molar refractivity (Wildman–Crippen MR) is 338 cm³/mol. The molecule has 9 aromatic carbocycles. The van der Waals surface area contributed by atoms with Crippen molar-refractivity contribution in [3.8, 4) is 22.6 Å². The Kier molecular flexibility index (Phi) is 19.5. The van der Waals surface area contributed by atoms with Gasteiger partial charge in [0, 0.05) is 108 Å². The third-order valence-corrected chi connectivity index (χ3v) is 23.1. The van der Waals surface area contributed by atoms with Crippen molar-refractivity contribution in [1.82, 2.24) is 4.57 Å². The van der Waals surface area contributed by atoms with Crippen molar-refractivity contribution in [2.45, 2.75) is 54.6 Å². The molecule has 0 bridgehead atoms. The van der Waals surface area contributed by atoms with Gasteiger partial charge in [-0.3, -0.25) is 14.2 Å². The van der Waals surface area contributed by atoms with Gasteiger partial charge in [-0.2, -0.15) is 13.2 Å². The van der Waals surface area contributed by atoms with E-state index < -0.39 is 43.1 Å². The van der Waals surface area contributed by atoms with Crippen LogP contribution in [-0.2, 0) is 9.13 Å². The number of alkyl halides is 3. The number of carbonyl (C=O) groups excluding carboxylic acids is 1. The Hall–Kier alpha value is -6.81. The molecule has 0 amide bonds. The molecule has 13 heteroatoms. The number of allylic oxidation sites excluding steroid dienone is 3. The van der Waals surface area contributed by atoms with Crippen LogP contribution in [0.5, 0.6) is 5.75 Å². The summed E-state index contributed by atoms with van der Waals surface area (Å²) >= 11 is 1.36. The van der Waals surface area contributed by atoms with Crippen LogP contribution in [0.3, 0.4) is 0 Å². The van der Waals surface area contributed by atoms with Crippen molar-refractivity contribution in [2.75, 3.05) is 0 Å². The zero-order chi connectivity index (χ0) is 58.7. The Labute approximate surface area is 527 Å². The summed E-state index contributed by atoms with van der Waals surface area (Å²) < 4.78 is 71.8. The van der Waals surface area contributed by atoms with Crippen molar-refractivity contribution in [2.24, 2.45) is 0 Å². The molecule has 0 atom stereocenters. The average molecular weight is 1300 g/mol. The Morgan fingerprint density at radius 3 is 1.36 bits per heavy atom. The number of aryl methyl sites for hydroxylation is 5. The maximum absolute atomic E-state index is 14.5. The van der Waals surface area contributed by atoms with Crippen molar-refractivity contribution in [1.29, 1.82) is 0 Å². The van der Waals surface area contributed by atoms with E-state index in [0.29, 0.717) is 4.70 Å². The predicted octanol–water partition coefficient (Wildman–Crippen LogP) is 16.8. The van der Waals surface area contributed by atoms with Gasteiger partial charge in [-0.05, 0) is 112 Å². The molecule has 0 aliphatic carbocycles. The van der Waals surface area contributed by atoms with Crippen LogP contribution >= 0.6 is 25.6 Å². The fourth-order valence-electron chi connectivity index (χ4n) is 10.7. The Bertz CT molecular complexity index is 4280. The monoisotopic (exact) mass is 1300 g/mol. The molecule has 0 saturated carbocycles. The van der Waals surface area contributed by atoms with Crippen LogP contribution in [0.2, 0.25) is 0 Å². The summed E-state index contributed by atoms with van der Waals surface area (Å²) in [6, 6.07) is 66.9. The molecular formula is C70H60EuF3NO5P2S. The number of rotatable bonds is 10. The molecule has 0 aliphatic rings. The number of benzene rings is 9. The first-order chi connectivity index (χ1) is 39.2. The van der Waals surface area contributed by atoms with E-state index in [4.69, 9.17) is 0 Å². The molecule has 1 N–H and O–H groups in total. The van der Waals surface area contributed by atoms with E-state index in [2.05, 4.69) is 6.58 Å². The zero-order valence-electron chi connectivity index (χ0n) is 46.8. The molecule has 0 aliphatic heterocycles. The SMILES string of the molecule is C=CC(=C(C)C)P(=O)(c1ccccc1C)c1ccccc1C.Cc1ccccc1P(=O)(c1ccccc1C)c1ccccc1C.O=C(c1c(O)c2ccc3c4ccccc4sc3c2n(-c2ccc(-c3ccccc3)cc2)c1=O)C(F)(F)F.[Eu]. The van der Waals surface area contributed by atoms with Crippen LogP contribution in [-0.4, -0.2) is 21.6 Å². The minimum Gasteiger partial charge on any atom is -0.506 e. The van der Waals surface area contributed by atoms with Crippen molar-refractivity contribution < 1.29 is 81.6 Å². The summed E-state index contributed by atoms with van der Waals surface area (Å²) in [5.74, 6) is -3.36. The van der Waals surface area contributed by atoms with Gasteiger partial charge in [-0.25, -0.2) is 0 Å². The number of thiophene rings is 1. The quantitative estimate of drug-likeness (QED) is 0.0836. The number of aromatic hydroxyl groups is 1.